The summed E-state index contributed by atoms with van der Waals surface area (Å²) in [6.07, 6.45) is 11.3. The van der Waals surface area contributed by atoms with Gasteiger partial charge in [0.15, 0.2) is 0 Å². The van der Waals surface area contributed by atoms with Crippen molar-refractivity contribution in [2.75, 3.05) is 7.05 Å². The first-order chi connectivity index (χ1) is 8.31. The Morgan fingerprint density at radius 2 is 2.12 bits per heavy atom. The van der Waals surface area contributed by atoms with Crippen LogP contribution in [-0.2, 0) is 13.0 Å². The van der Waals surface area contributed by atoms with Crippen LogP contribution in [0.5, 0.6) is 0 Å². The molecule has 0 bridgehead atoms. The van der Waals surface area contributed by atoms with E-state index in [9.17, 15) is 0 Å². The highest BCUT2D eigenvalue weighted by atomic mass is 15.1. The average Bonchev–Trinajstić information content (AvgIpc) is 2.76. The normalized spacial score (nSPS) is 12.9. The van der Waals surface area contributed by atoms with Crippen molar-refractivity contribution < 1.29 is 0 Å². The standard InChI is InChI=1S/C14H27N3/c1-4-7-13(15-3)8-6-9-14-16-10-12-17(14)11-5-2/h10,12-13,15H,4-9,11H2,1-3H3. The van der Waals surface area contributed by atoms with Gasteiger partial charge in [-0.25, -0.2) is 4.98 Å². The first kappa shape index (κ1) is 14.2. The summed E-state index contributed by atoms with van der Waals surface area (Å²) in [7, 11) is 2.07. The molecule has 1 atom stereocenters. The number of aromatic nitrogens is 2. The van der Waals surface area contributed by atoms with Crippen LogP contribution in [-0.4, -0.2) is 22.6 Å². The van der Waals surface area contributed by atoms with E-state index >= 15 is 0 Å². The van der Waals surface area contributed by atoms with Crippen molar-refractivity contribution >= 4 is 0 Å². The molecular formula is C14H27N3. The SMILES string of the molecule is CCCC(CCCc1nccn1CCC)NC. The molecule has 1 unspecified atom stereocenters. The molecule has 0 aliphatic carbocycles. The van der Waals surface area contributed by atoms with Crippen molar-refractivity contribution in [2.45, 2.75) is 65.0 Å². The fourth-order valence-electron chi connectivity index (χ4n) is 2.30. The van der Waals surface area contributed by atoms with Gasteiger partial charge in [-0.3, -0.25) is 0 Å². The minimum Gasteiger partial charge on any atom is -0.335 e. The van der Waals surface area contributed by atoms with Gasteiger partial charge in [0.2, 0.25) is 0 Å². The van der Waals surface area contributed by atoms with E-state index in [-0.39, 0.29) is 0 Å². The van der Waals surface area contributed by atoms with Crippen LogP contribution in [0.2, 0.25) is 0 Å². The lowest BCUT2D eigenvalue weighted by Crippen LogP contribution is -2.24. The van der Waals surface area contributed by atoms with Gasteiger partial charge in [0.25, 0.3) is 0 Å². The maximum absolute atomic E-state index is 4.45. The summed E-state index contributed by atoms with van der Waals surface area (Å²) in [6, 6.07) is 0.676. The number of hydrogen-bond acceptors (Lipinski definition) is 2. The monoisotopic (exact) mass is 237 g/mol. The molecule has 17 heavy (non-hydrogen) atoms. The van der Waals surface area contributed by atoms with E-state index < -0.39 is 0 Å². The quantitative estimate of drug-likeness (QED) is 0.715. The minimum absolute atomic E-state index is 0.676. The molecule has 0 amide bonds. The molecule has 0 fully saturated rings. The van der Waals surface area contributed by atoms with Crippen molar-refractivity contribution in [1.29, 1.82) is 0 Å². The smallest absolute Gasteiger partial charge is 0.108 e. The number of nitrogens with zero attached hydrogens (tertiary/aromatic N) is 2. The largest absolute Gasteiger partial charge is 0.335 e. The topological polar surface area (TPSA) is 29.9 Å². The van der Waals surface area contributed by atoms with E-state index in [2.05, 4.69) is 42.0 Å². The van der Waals surface area contributed by atoms with E-state index in [1.807, 2.05) is 6.20 Å². The Bertz CT molecular complexity index is 293. The molecule has 1 aromatic heterocycles. The van der Waals surface area contributed by atoms with Crippen LogP contribution in [0.4, 0.5) is 0 Å². The maximum atomic E-state index is 4.45. The lowest BCUT2D eigenvalue weighted by molar-refractivity contribution is 0.464. The molecule has 98 valence electrons. The van der Waals surface area contributed by atoms with Gasteiger partial charge in [-0.2, -0.15) is 0 Å². The summed E-state index contributed by atoms with van der Waals surface area (Å²) < 4.78 is 2.29. The van der Waals surface area contributed by atoms with Gasteiger partial charge in [-0.15, -0.1) is 0 Å². The second-order valence-corrected chi connectivity index (χ2v) is 4.70. The molecule has 0 aliphatic rings. The highest BCUT2D eigenvalue weighted by Crippen LogP contribution is 2.09. The molecule has 3 heteroatoms. The molecule has 1 aromatic rings. The van der Waals surface area contributed by atoms with Crippen molar-refractivity contribution in [2.24, 2.45) is 0 Å². The minimum atomic E-state index is 0.676. The van der Waals surface area contributed by atoms with Crippen LogP contribution in [0.25, 0.3) is 0 Å². The van der Waals surface area contributed by atoms with E-state index in [1.54, 1.807) is 0 Å². The molecule has 0 saturated heterocycles. The fourth-order valence-corrected chi connectivity index (χ4v) is 2.30. The molecule has 0 aromatic carbocycles. The highest BCUT2D eigenvalue weighted by Gasteiger charge is 2.06. The van der Waals surface area contributed by atoms with Gasteiger partial charge in [-0.05, 0) is 32.7 Å². The summed E-state index contributed by atoms with van der Waals surface area (Å²) >= 11 is 0. The molecular weight excluding hydrogens is 210 g/mol. The number of rotatable bonds is 9. The first-order valence-electron chi connectivity index (χ1n) is 6.99. The van der Waals surface area contributed by atoms with E-state index in [0.717, 1.165) is 13.0 Å². The summed E-state index contributed by atoms with van der Waals surface area (Å²) in [5.41, 5.74) is 0. The molecule has 0 aliphatic heterocycles. The summed E-state index contributed by atoms with van der Waals surface area (Å²) in [5, 5.41) is 3.40. The zero-order valence-electron chi connectivity index (χ0n) is 11.6. The van der Waals surface area contributed by atoms with Crippen molar-refractivity contribution in [3.05, 3.63) is 18.2 Å². The van der Waals surface area contributed by atoms with Crippen molar-refractivity contribution in [3.63, 3.8) is 0 Å². The third-order valence-electron chi connectivity index (χ3n) is 3.26. The molecule has 3 nitrogen and oxygen atoms in total. The van der Waals surface area contributed by atoms with Crippen LogP contribution in [0.15, 0.2) is 12.4 Å². The Morgan fingerprint density at radius 3 is 2.76 bits per heavy atom. The van der Waals surface area contributed by atoms with Crippen LogP contribution in [0, 0.1) is 0 Å². The molecule has 1 heterocycles. The second-order valence-electron chi connectivity index (χ2n) is 4.70. The maximum Gasteiger partial charge on any atom is 0.108 e. The van der Waals surface area contributed by atoms with Crippen LogP contribution < -0.4 is 5.32 Å². The molecule has 1 N–H and O–H groups in total. The Labute approximate surface area is 106 Å². The third kappa shape index (κ3) is 4.90. The van der Waals surface area contributed by atoms with Gasteiger partial charge in [0.05, 0.1) is 0 Å². The second kappa shape index (κ2) is 8.29. The Hall–Kier alpha value is -0.830. The fraction of sp³-hybridized carbons (Fsp3) is 0.786. The van der Waals surface area contributed by atoms with E-state index in [0.29, 0.717) is 6.04 Å². The summed E-state index contributed by atoms with van der Waals surface area (Å²) in [4.78, 5) is 4.45. The van der Waals surface area contributed by atoms with Crippen molar-refractivity contribution in [1.82, 2.24) is 14.9 Å². The van der Waals surface area contributed by atoms with Crippen LogP contribution in [0.3, 0.4) is 0 Å². The number of nitrogens with one attached hydrogen (secondary N) is 1. The summed E-state index contributed by atoms with van der Waals surface area (Å²) in [5.74, 6) is 1.25. The number of imidazole rings is 1. The lowest BCUT2D eigenvalue weighted by Gasteiger charge is -2.14. The van der Waals surface area contributed by atoms with E-state index in [4.69, 9.17) is 0 Å². The molecule has 0 saturated carbocycles. The van der Waals surface area contributed by atoms with Crippen LogP contribution >= 0.6 is 0 Å². The Kier molecular flexibility index (Phi) is 6.94. The zero-order chi connectivity index (χ0) is 12.5. The third-order valence-corrected chi connectivity index (χ3v) is 3.26. The predicted molar refractivity (Wildman–Crippen MR) is 73.2 cm³/mol. The number of aryl methyl sites for hydroxylation is 2. The van der Waals surface area contributed by atoms with Gasteiger partial charge in [0.1, 0.15) is 5.82 Å². The van der Waals surface area contributed by atoms with Gasteiger partial charge in [-0.1, -0.05) is 20.3 Å². The van der Waals surface area contributed by atoms with E-state index in [1.165, 1.54) is 37.9 Å². The number of hydrogen-bond donors (Lipinski definition) is 1. The highest BCUT2D eigenvalue weighted by molar-refractivity contribution is 4.92. The Balaban J connectivity index is 2.31. The molecule has 1 rings (SSSR count). The van der Waals surface area contributed by atoms with Gasteiger partial charge in [0, 0.05) is 31.4 Å². The van der Waals surface area contributed by atoms with Gasteiger partial charge < -0.3 is 9.88 Å². The average molecular weight is 237 g/mol. The summed E-state index contributed by atoms with van der Waals surface area (Å²) in [6.45, 7) is 5.56. The van der Waals surface area contributed by atoms with Gasteiger partial charge >= 0.3 is 0 Å². The Morgan fingerprint density at radius 1 is 1.29 bits per heavy atom. The molecule has 0 radical (unpaired) electrons. The lowest BCUT2D eigenvalue weighted by atomic mass is 10.1. The molecule has 0 spiro atoms. The first-order valence-corrected chi connectivity index (χ1v) is 6.99. The van der Waals surface area contributed by atoms with Crippen molar-refractivity contribution in [3.8, 4) is 0 Å². The predicted octanol–water partition coefficient (Wildman–Crippen LogP) is 3.00. The zero-order valence-corrected chi connectivity index (χ0v) is 11.6. The van der Waals surface area contributed by atoms with Crippen LogP contribution in [0.1, 0.15) is 51.8 Å².